The van der Waals surface area contributed by atoms with Gasteiger partial charge in [0.15, 0.2) is 0 Å². The van der Waals surface area contributed by atoms with Crippen LogP contribution in [0.4, 0.5) is 0 Å². The van der Waals surface area contributed by atoms with Gasteiger partial charge in [0.25, 0.3) is 0 Å². The fourth-order valence-electron chi connectivity index (χ4n) is 5.69. The number of ether oxygens (including phenoxy) is 1. The first-order valence-electron chi connectivity index (χ1n) is 11.7. The first-order valence-corrected chi connectivity index (χ1v) is 11.7. The molecular weight excluding hydrogens is 416 g/mol. The summed E-state index contributed by atoms with van der Waals surface area (Å²) in [7, 11) is 1.66. The molecule has 0 spiro atoms. The molecule has 2 aromatic carbocycles. The zero-order chi connectivity index (χ0) is 23.1. The smallest absolute Gasteiger partial charge is 0.336 e. The minimum absolute atomic E-state index is 0.0627. The Hall–Kier alpha value is -3.12. The molecule has 6 heteroatoms. The van der Waals surface area contributed by atoms with Gasteiger partial charge in [-0.3, -0.25) is 9.69 Å². The van der Waals surface area contributed by atoms with Crippen molar-refractivity contribution in [2.45, 2.75) is 32.9 Å². The molecule has 33 heavy (non-hydrogen) atoms. The summed E-state index contributed by atoms with van der Waals surface area (Å²) >= 11 is 0. The van der Waals surface area contributed by atoms with Crippen molar-refractivity contribution in [3.05, 3.63) is 75.6 Å². The van der Waals surface area contributed by atoms with Gasteiger partial charge in [0, 0.05) is 50.5 Å². The highest BCUT2D eigenvalue weighted by Crippen LogP contribution is 2.45. The van der Waals surface area contributed by atoms with E-state index in [1.54, 1.807) is 20.1 Å². The van der Waals surface area contributed by atoms with E-state index in [1.807, 2.05) is 29.2 Å². The van der Waals surface area contributed by atoms with Crippen molar-refractivity contribution < 1.29 is 13.9 Å². The lowest BCUT2D eigenvalue weighted by Crippen LogP contribution is -2.34. The second-order valence-corrected chi connectivity index (χ2v) is 9.28. The van der Waals surface area contributed by atoms with Crippen LogP contribution in [0.1, 0.15) is 36.6 Å². The quantitative estimate of drug-likeness (QED) is 0.554. The van der Waals surface area contributed by atoms with Gasteiger partial charge in [-0.25, -0.2) is 4.79 Å². The zero-order valence-corrected chi connectivity index (χ0v) is 19.4. The third-order valence-electron chi connectivity index (χ3n) is 7.30. The number of aryl methyl sites for hydroxylation is 1. The van der Waals surface area contributed by atoms with Crippen LogP contribution in [-0.4, -0.2) is 42.5 Å². The van der Waals surface area contributed by atoms with Crippen molar-refractivity contribution in [2.75, 3.05) is 26.7 Å². The summed E-state index contributed by atoms with van der Waals surface area (Å²) in [4.78, 5) is 29.1. The van der Waals surface area contributed by atoms with E-state index in [1.165, 1.54) is 5.56 Å². The third-order valence-corrected chi connectivity index (χ3v) is 7.30. The van der Waals surface area contributed by atoms with E-state index >= 15 is 0 Å². The average molecular weight is 447 g/mol. The van der Waals surface area contributed by atoms with Crippen LogP contribution in [0.5, 0.6) is 5.75 Å². The summed E-state index contributed by atoms with van der Waals surface area (Å²) in [6.07, 6.45) is 0.937. The second-order valence-electron chi connectivity index (χ2n) is 9.28. The predicted molar refractivity (Wildman–Crippen MR) is 127 cm³/mol. The van der Waals surface area contributed by atoms with Crippen LogP contribution >= 0.6 is 0 Å². The highest BCUT2D eigenvalue weighted by atomic mass is 16.5. The first-order chi connectivity index (χ1) is 16.0. The van der Waals surface area contributed by atoms with Crippen molar-refractivity contribution in [3.8, 4) is 5.75 Å². The molecule has 0 unspecified atom stereocenters. The normalized spacial score (nSPS) is 22.6. The maximum atomic E-state index is 12.4. The van der Waals surface area contributed by atoms with Crippen molar-refractivity contribution in [3.63, 3.8) is 0 Å². The second kappa shape index (κ2) is 8.67. The summed E-state index contributed by atoms with van der Waals surface area (Å²) in [5, 5.41) is 1.02. The van der Waals surface area contributed by atoms with E-state index in [4.69, 9.17) is 9.15 Å². The van der Waals surface area contributed by atoms with Gasteiger partial charge in [-0.2, -0.15) is 0 Å². The number of likely N-dealkylation sites (tertiary alicyclic amines) is 2. The fraction of sp³-hybridized carbons (Fsp3) is 0.407. The number of benzene rings is 2. The molecule has 1 amide bonds. The summed E-state index contributed by atoms with van der Waals surface area (Å²) in [6, 6.07) is 15.9. The van der Waals surface area contributed by atoms with Gasteiger partial charge < -0.3 is 14.1 Å². The summed E-state index contributed by atoms with van der Waals surface area (Å²) < 4.78 is 10.8. The molecule has 6 nitrogen and oxygen atoms in total. The van der Waals surface area contributed by atoms with Gasteiger partial charge in [-0.05, 0) is 53.3 Å². The maximum absolute atomic E-state index is 12.4. The number of amides is 1. The topological polar surface area (TPSA) is 63.0 Å². The number of hydrogen-bond acceptors (Lipinski definition) is 5. The number of rotatable bonds is 5. The monoisotopic (exact) mass is 446 g/mol. The maximum Gasteiger partial charge on any atom is 0.336 e. The van der Waals surface area contributed by atoms with Gasteiger partial charge in [0.2, 0.25) is 5.91 Å². The van der Waals surface area contributed by atoms with Crippen LogP contribution in [0.15, 0.2) is 57.7 Å². The largest absolute Gasteiger partial charge is 0.497 e. The molecule has 1 aromatic heterocycles. The van der Waals surface area contributed by atoms with Crippen molar-refractivity contribution >= 4 is 16.9 Å². The molecule has 2 aliphatic heterocycles. The van der Waals surface area contributed by atoms with Gasteiger partial charge in [-0.1, -0.05) is 25.1 Å². The van der Waals surface area contributed by atoms with Crippen LogP contribution in [0.25, 0.3) is 11.0 Å². The SMILES string of the molecule is CCc1ccc2oc(=O)cc(CN3C[C@@H]4CN(C(C)=O)[C@@H](c5ccc(OC)cc5)[C@@H]4C3)c2c1. The number of carbonyl (C=O) groups is 1. The molecule has 5 rings (SSSR count). The van der Waals surface area contributed by atoms with Crippen LogP contribution < -0.4 is 10.4 Å². The van der Waals surface area contributed by atoms with Crippen molar-refractivity contribution in [1.29, 1.82) is 0 Å². The molecule has 0 bridgehead atoms. The number of methoxy groups -OCH3 is 1. The highest BCUT2D eigenvalue weighted by molar-refractivity contribution is 5.81. The highest BCUT2D eigenvalue weighted by Gasteiger charge is 2.48. The lowest BCUT2D eigenvalue weighted by molar-refractivity contribution is -0.130. The Balaban J connectivity index is 1.42. The first kappa shape index (κ1) is 21.7. The van der Waals surface area contributed by atoms with Gasteiger partial charge >= 0.3 is 5.63 Å². The van der Waals surface area contributed by atoms with E-state index in [-0.39, 0.29) is 17.6 Å². The lowest BCUT2D eigenvalue weighted by atomic mass is 9.89. The minimum Gasteiger partial charge on any atom is -0.497 e. The molecule has 2 fully saturated rings. The average Bonchev–Trinajstić information content (AvgIpc) is 3.36. The van der Waals surface area contributed by atoms with E-state index in [9.17, 15) is 9.59 Å². The Morgan fingerprint density at radius 1 is 1.09 bits per heavy atom. The zero-order valence-electron chi connectivity index (χ0n) is 19.4. The molecule has 3 heterocycles. The Bertz CT molecular complexity index is 1230. The standard InChI is InChI=1S/C27H30N2O4/c1-4-18-5-10-25-23(11-18)20(12-26(31)33-25)13-28-14-21-15-29(17(2)30)27(24(21)16-28)19-6-8-22(32-3)9-7-19/h5-12,21,24,27H,4,13-16H2,1-3H3/t21-,24-,27+/m1/s1. The molecule has 172 valence electrons. The van der Waals surface area contributed by atoms with Crippen LogP contribution in [0, 0.1) is 11.8 Å². The molecule has 0 N–H and O–H groups in total. The van der Waals surface area contributed by atoms with E-state index in [0.29, 0.717) is 24.0 Å². The Labute approximate surface area is 193 Å². The minimum atomic E-state index is -0.306. The third kappa shape index (κ3) is 4.04. The molecular formula is C27H30N2O4. The summed E-state index contributed by atoms with van der Waals surface area (Å²) in [6.45, 7) is 7.07. The molecule has 3 atom stereocenters. The molecule has 2 saturated heterocycles. The number of hydrogen-bond donors (Lipinski definition) is 0. The molecule has 0 saturated carbocycles. The Kier molecular flexibility index (Phi) is 5.71. The van der Waals surface area contributed by atoms with Crippen LogP contribution in [0.3, 0.4) is 0 Å². The van der Waals surface area contributed by atoms with Crippen LogP contribution in [0.2, 0.25) is 0 Å². The van der Waals surface area contributed by atoms with Gasteiger partial charge in [-0.15, -0.1) is 0 Å². The number of nitrogens with zero attached hydrogens (tertiary/aromatic N) is 2. The van der Waals surface area contributed by atoms with Crippen molar-refractivity contribution in [1.82, 2.24) is 9.80 Å². The van der Waals surface area contributed by atoms with E-state index in [2.05, 4.69) is 30.0 Å². The van der Waals surface area contributed by atoms with E-state index < -0.39 is 0 Å². The van der Waals surface area contributed by atoms with Crippen LogP contribution in [-0.2, 0) is 17.8 Å². The predicted octanol–water partition coefficient (Wildman–Crippen LogP) is 4.02. The van der Waals surface area contributed by atoms with Crippen molar-refractivity contribution in [2.24, 2.45) is 11.8 Å². The molecule has 0 radical (unpaired) electrons. The molecule has 2 aliphatic rings. The fourth-order valence-corrected chi connectivity index (χ4v) is 5.69. The Morgan fingerprint density at radius 2 is 1.88 bits per heavy atom. The molecule has 3 aromatic rings. The summed E-state index contributed by atoms with van der Waals surface area (Å²) in [5.41, 5.74) is 3.74. The van der Waals surface area contributed by atoms with Gasteiger partial charge in [0.05, 0.1) is 13.2 Å². The number of carbonyl (C=O) groups excluding carboxylic acids is 1. The van der Waals surface area contributed by atoms with E-state index in [0.717, 1.165) is 48.3 Å². The lowest BCUT2D eigenvalue weighted by Gasteiger charge is -2.29. The Morgan fingerprint density at radius 3 is 2.58 bits per heavy atom. The summed E-state index contributed by atoms with van der Waals surface area (Å²) in [5.74, 6) is 1.71. The van der Waals surface area contributed by atoms with Gasteiger partial charge in [0.1, 0.15) is 11.3 Å². The molecule has 0 aliphatic carbocycles. The number of fused-ring (bicyclic) bond motifs is 2.